The fraction of sp³-hybridized carbons (Fsp3) is 0.133. The van der Waals surface area contributed by atoms with E-state index in [-0.39, 0.29) is 11.4 Å². The smallest absolute Gasteiger partial charge is 0.140 e. The second-order valence-corrected chi connectivity index (χ2v) is 4.26. The summed E-state index contributed by atoms with van der Waals surface area (Å²) in [6.45, 7) is 0.471. The lowest BCUT2D eigenvalue weighted by molar-refractivity contribution is 0.622. The first-order valence-electron chi connectivity index (χ1n) is 5.75. The van der Waals surface area contributed by atoms with Crippen LogP contribution in [0.25, 0.3) is 0 Å². The molecule has 0 atom stereocenters. The molecule has 2 aromatic rings. The first-order valence-corrected chi connectivity index (χ1v) is 5.75. The third-order valence-corrected chi connectivity index (χ3v) is 2.82. The first-order chi connectivity index (χ1) is 9.10. The molecule has 4 heteroatoms. The number of hydrogen-bond donors (Lipinski definition) is 0. The monoisotopic (exact) mass is 258 g/mol. The molecule has 0 heterocycles. The van der Waals surface area contributed by atoms with Crippen LogP contribution < -0.4 is 4.90 Å². The van der Waals surface area contributed by atoms with E-state index in [1.807, 2.05) is 11.9 Å². The van der Waals surface area contributed by atoms with Crippen molar-refractivity contribution >= 4 is 5.69 Å². The van der Waals surface area contributed by atoms with Gasteiger partial charge in [-0.15, -0.1) is 0 Å². The van der Waals surface area contributed by atoms with E-state index in [4.69, 9.17) is 5.26 Å². The van der Waals surface area contributed by atoms with Crippen molar-refractivity contribution in [2.24, 2.45) is 0 Å². The van der Waals surface area contributed by atoms with E-state index in [0.29, 0.717) is 6.54 Å². The molecule has 0 saturated heterocycles. The molecule has 0 aliphatic heterocycles. The maximum absolute atomic E-state index is 13.2. The van der Waals surface area contributed by atoms with Gasteiger partial charge in [-0.3, -0.25) is 0 Å². The van der Waals surface area contributed by atoms with Crippen LogP contribution in [0.3, 0.4) is 0 Å². The van der Waals surface area contributed by atoms with Crippen LogP contribution in [-0.2, 0) is 6.54 Å². The highest BCUT2D eigenvalue weighted by Crippen LogP contribution is 2.18. The van der Waals surface area contributed by atoms with E-state index in [0.717, 1.165) is 11.3 Å². The van der Waals surface area contributed by atoms with Crippen LogP contribution in [0.2, 0.25) is 0 Å². The number of rotatable bonds is 3. The summed E-state index contributed by atoms with van der Waals surface area (Å²) in [5.74, 6) is -0.833. The highest BCUT2D eigenvalue weighted by molar-refractivity contribution is 5.46. The van der Waals surface area contributed by atoms with Gasteiger partial charge in [0.25, 0.3) is 0 Å². The molecule has 0 saturated carbocycles. The van der Waals surface area contributed by atoms with Crippen molar-refractivity contribution < 1.29 is 8.78 Å². The Morgan fingerprint density at radius 3 is 2.63 bits per heavy atom. The third kappa shape index (κ3) is 3.08. The molecule has 2 nitrogen and oxygen atoms in total. The number of nitriles is 1. The summed E-state index contributed by atoms with van der Waals surface area (Å²) in [6.07, 6.45) is 0. The molecule has 0 radical (unpaired) electrons. The predicted molar refractivity (Wildman–Crippen MR) is 69.6 cm³/mol. The van der Waals surface area contributed by atoms with Gasteiger partial charge in [0.2, 0.25) is 0 Å². The van der Waals surface area contributed by atoms with Crippen LogP contribution in [-0.4, -0.2) is 7.05 Å². The number of anilines is 1. The topological polar surface area (TPSA) is 27.0 Å². The van der Waals surface area contributed by atoms with Gasteiger partial charge in [-0.05, 0) is 35.9 Å². The van der Waals surface area contributed by atoms with E-state index in [1.54, 1.807) is 24.3 Å². The molecule has 0 fully saturated rings. The van der Waals surface area contributed by atoms with E-state index in [2.05, 4.69) is 0 Å². The summed E-state index contributed by atoms with van der Waals surface area (Å²) >= 11 is 0. The Hall–Kier alpha value is -2.41. The van der Waals surface area contributed by atoms with Crippen LogP contribution in [0.5, 0.6) is 0 Å². The van der Waals surface area contributed by atoms with Gasteiger partial charge >= 0.3 is 0 Å². The zero-order valence-corrected chi connectivity index (χ0v) is 10.4. The lowest BCUT2D eigenvalue weighted by Gasteiger charge is -2.19. The highest BCUT2D eigenvalue weighted by atomic mass is 19.1. The molecular formula is C15H12F2N2. The Bertz CT molecular complexity index is 632. The minimum absolute atomic E-state index is 0.0187. The minimum Gasteiger partial charge on any atom is -0.370 e. The van der Waals surface area contributed by atoms with E-state index >= 15 is 0 Å². The fourth-order valence-electron chi connectivity index (χ4n) is 1.84. The van der Waals surface area contributed by atoms with Gasteiger partial charge in [0.1, 0.15) is 17.7 Å². The molecule has 0 aliphatic rings. The normalized spacial score (nSPS) is 10.0. The first kappa shape index (κ1) is 13.0. The summed E-state index contributed by atoms with van der Waals surface area (Å²) in [6, 6.07) is 12.4. The molecule has 0 N–H and O–H groups in total. The van der Waals surface area contributed by atoms with Crippen molar-refractivity contribution in [1.29, 1.82) is 5.26 Å². The molecule has 0 aromatic heterocycles. The molecule has 2 rings (SSSR count). The van der Waals surface area contributed by atoms with Gasteiger partial charge in [0, 0.05) is 19.3 Å². The van der Waals surface area contributed by atoms with E-state index < -0.39 is 5.82 Å². The zero-order valence-electron chi connectivity index (χ0n) is 10.4. The largest absolute Gasteiger partial charge is 0.370 e. The molecule has 0 bridgehead atoms. The second-order valence-electron chi connectivity index (χ2n) is 4.26. The average Bonchev–Trinajstić information content (AvgIpc) is 2.41. The van der Waals surface area contributed by atoms with E-state index in [1.165, 1.54) is 24.3 Å². The van der Waals surface area contributed by atoms with Crippen LogP contribution in [0.15, 0.2) is 42.5 Å². The lowest BCUT2D eigenvalue weighted by atomic mass is 10.1. The minimum atomic E-state index is -0.528. The summed E-state index contributed by atoms with van der Waals surface area (Å²) in [4.78, 5) is 1.83. The summed E-state index contributed by atoms with van der Waals surface area (Å²) < 4.78 is 26.3. The van der Waals surface area contributed by atoms with Crippen molar-refractivity contribution in [3.05, 3.63) is 65.2 Å². The van der Waals surface area contributed by atoms with Gasteiger partial charge in [-0.1, -0.05) is 12.1 Å². The fourth-order valence-corrected chi connectivity index (χ4v) is 1.84. The number of hydrogen-bond acceptors (Lipinski definition) is 2. The number of halogens is 2. The standard InChI is InChI=1S/C15H12F2N2/c1-19(14-4-2-3-13(16)8-14)10-11-5-6-15(17)12(7-11)9-18/h2-8H,10H2,1H3. The maximum atomic E-state index is 13.2. The Balaban J connectivity index is 2.20. The van der Waals surface area contributed by atoms with Crippen LogP contribution in [0.1, 0.15) is 11.1 Å². The highest BCUT2D eigenvalue weighted by Gasteiger charge is 2.06. The predicted octanol–water partition coefficient (Wildman–Crippen LogP) is 3.47. The lowest BCUT2D eigenvalue weighted by Crippen LogP contribution is -2.16. The molecule has 0 aliphatic carbocycles. The number of nitrogens with zero attached hydrogens (tertiary/aromatic N) is 2. The van der Waals surface area contributed by atoms with Gasteiger partial charge in [-0.25, -0.2) is 8.78 Å². The molecule has 19 heavy (non-hydrogen) atoms. The van der Waals surface area contributed by atoms with Crippen LogP contribution in [0, 0.1) is 23.0 Å². The van der Waals surface area contributed by atoms with Gasteiger partial charge in [0.15, 0.2) is 0 Å². The zero-order chi connectivity index (χ0) is 13.8. The Morgan fingerprint density at radius 1 is 1.16 bits per heavy atom. The molecule has 0 spiro atoms. The molecular weight excluding hydrogens is 246 g/mol. The van der Waals surface area contributed by atoms with Crippen molar-refractivity contribution in [2.45, 2.75) is 6.54 Å². The molecule has 0 unspecified atom stereocenters. The summed E-state index contributed by atoms with van der Waals surface area (Å²) in [5, 5.41) is 8.78. The van der Waals surface area contributed by atoms with Crippen molar-refractivity contribution in [1.82, 2.24) is 0 Å². The van der Waals surface area contributed by atoms with Gasteiger partial charge in [-0.2, -0.15) is 5.26 Å². The maximum Gasteiger partial charge on any atom is 0.140 e. The molecule has 0 amide bonds. The second kappa shape index (κ2) is 5.49. The summed E-state index contributed by atoms with van der Waals surface area (Å²) in [7, 11) is 1.81. The quantitative estimate of drug-likeness (QED) is 0.842. The Kier molecular flexibility index (Phi) is 3.76. The van der Waals surface area contributed by atoms with Crippen LogP contribution in [0.4, 0.5) is 14.5 Å². The number of benzene rings is 2. The third-order valence-electron chi connectivity index (χ3n) is 2.82. The van der Waals surface area contributed by atoms with Crippen LogP contribution >= 0.6 is 0 Å². The van der Waals surface area contributed by atoms with Crippen molar-refractivity contribution in [2.75, 3.05) is 11.9 Å². The summed E-state index contributed by atoms with van der Waals surface area (Å²) in [5.41, 5.74) is 1.54. The Labute approximate surface area is 110 Å². The van der Waals surface area contributed by atoms with Crippen molar-refractivity contribution in [3.8, 4) is 6.07 Å². The van der Waals surface area contributed by atoms with E-state index in [9.17, 15) is 8.78 Å². The van der Waals surface area contributed by atoms with Gasteiger partial charge < -0.3 is 4.90 Å². The SMILES string of the molecule is CN(Cc1ccc(F)c(C#N)c1)c1cccc(F)c1. The Morgan fingerprint density at radius 2 is 1.95 bits per heavy atom. The van der Waals surface area contributed by atoms with Crippen molar-refractivity contribution in [3.63, 3.8) is 0 Å². The molecule has 2 aromatic carbocycles. The average molecular weight is 258 g/mol. The molecule has 96 valence electrons. The van der Waals surface area contributed by atoms with Gasteiger partial charge in [0.05, 0.1) is 5.56 Å².